The van der Waals surface area contributed by atoms with Crippen LogP contribution >= 0.6 is 0 Å². The quantitative estimate of drug-likeness (QED) is 0.0625. The zero-order valence-corrected chi connectivity index (χ0v) is 37.3. The number of alkyl carbamates (subject to hydrolysis) is 1. The molecule has 0 saturated carbocycles. The Morgan fingerprint density at radius 3 is 1.57 bits per heavy atom. The van der Waals surface area contributed by atoms with E-state index in [1.165, 1.54) is 0 Å². The van der Waals surface area contributed by atoms with E-state index in [-0.39, 0.29) is 42.8 Å². The summed E-state index contributed by atoms with van der Waals surface area (Å²) in [7, 11) is 0. The van der Waals surface area contributed by atoms with Gasteiger partial charge in [-0.1, -0.05) is 96.8 Å². The van der Waals surface area contributed by atoms with Crippen LogP contribution in [-0.2, 0) is 19.1 Å². The highest BCUT2D eigenvalue weighted by atomic mass is 16.6. The number of H-pyrrole nitrogens is 2. The molecule has 2 fully saturated rings. The van der Waals surface area contributed by atoms with Gasteiger partial charge in [-0.3, -0.25) is 14.9 Å². The molecule has 2 saturated heterocycles. The van der Waals surface area contributed by atoms with Crippen LogP contribution in [0, 0.1) is 11.8 Å². The second-order valence-electron chi connectivity index (χ2n) is 17.0. The summed E-state index contributed by atoms with van der Waals surface area (Å²) in [6.07, 6.45) is 6.02. The highest BCUT2D eigenvalue weighted by Crippen LogP contribution is 2.36. The number of rotatable bonds is 14. The molecule has 0 aliphatic carbocycles. The van der Waals surface area contributed by atoms with Gasteiger partial charge in [0.1, 0.15) is 23.7 Å². The lowest BCUT2D eigenvalue weighted by molar-refractivity contribution is -0.136. The first-order valence-corrected chi connectivity index (χ1v) is 22.5. The van der Waals surface area contributed by atoms with E-state index in [0.29, 0.717) is 24.5 Å². The third-order valence-corrected chi connectivity index (χ3v) is 11.7. The minimum absolute atomic E-state index is 0.00811. The van der Waals surface area contributed by atoms with Crippen LogP contribution in [0.1, 0.15) is 111 Å². The molecule has 8 rings (SSSR count). The van der Waals surface area contributed by atoms with Crippen LogP contribution in [0.3, 0.4) is 0 Å². The van der Waals surface area contributed by atoms with Gasteiger partial charge in [0.05, 0.1) is 54.8 Å². The second kappa shape index (κ2) is 20.7. The fourth-order valence-electron chi connectivity index (χ4n) is 8.47. The number of likely N-dealkylation sites (tertiary alicyclic amines) is 2. The third kappa shape index (κ3) is 10.9. The van der Waals surface area contributed by atoms with Crippen LogP contribution in [0.25, 0.3) is 22.5 Å². The van der Waals surface area contributed by atoms with Crippen molar-refractivity contribution in [2.24, 2.45) is 0 Å². The molecule has 4 N–H and O–H groups in total. The molecule has 13 nitrogen and oxygen atoms in total. The van der Waals surface area contributed by atoms with Crippen molar-refractivity contribution >= 4 is 17.9 Å². The average molecular weight is 873 g/mol. The second-order valence-corrected chi connectivity index (χ2v) is 17.0. The molecular weight excluding hydrogens is 817 g/mol. The Morgan fingerprint density at radius 2 is 1.11 bits per heavy atom. The van der Waals surface area contributed by atoms with Crippen molar-refractivity contribution in [3.05, 3.63) is 155 Å². The molecular formula is C52H56N8O5. The summed E-state index contributed by atoms with van der Waals surface area (Å²) in [4.78, 5) is 60.9. The zero-order valence-electron chi connectivity index (χ0n) is 37.3. The number of carbonyl (C=O) groups excluding carboxylic acids is 3. The summed E-state index contributed by atoms with van der Waals surface area (Å²) in [6.45, 7) is 8.98. The number of aromatic nitrogens is 4. The number of hydrogen-bond donors (Lipinski definition) is 4. The number of imidazole rings is 2. The summed E-state index contributed by atoms with van der Waals surface area (Å²) in [5, 5.41) is 6.12. The molecule has 0 bridgehead atoms. The fraction of sp³-hybridized carbons (Fsp3) is 0.327. The molecule has 4 heterocycles. The molecule has 4 aromatic carbocycles. The normalized spacial score (nSPS) is 16.9. The van der Waals surface area contributed by atoms with E-state index in [2.05, 4.69) is 32.4 Å². The number of carbonyl (C=O) groups is 3. The summed E-state index contributed by atoms with van der Waals surface area (Å²) < 4.78 is 11.1. The first kappa shape index (κ1) is 44.6. The van der Waals surface area contributed by atoms with Crippen molar-refractivity contribution in [1.29, 1.82) is 0 Å². The van der Waals surface area contributed by atoms with Gasteiger partial charge in [0.25, 0.3) is 5.91 Å². The predicted octanol–water partition coefficient (Wildman–Crippen LogP) is 8.78. The predicted molar refractivity (Wildman–Crippen MR) is 249 cm³/mol. The molecule has 2 aliphatic rings. The van der Waals surface area contributed by atoms with Gasteiger partial charge in [0.2, 0.25) is 5.91 Å². The monoisotopic (exact) mass is 872 g/mol. The van der Waals surface area contributed by atoms with Gasteiger partial charge in [0.15, 0.2) is 0 Å². The van der Waals surface area contributed by atoms with Crippen molar-refractivity contribution in [3.63, 3.8) is 0 Å². The summed E-state index contributed by atoms with van der Waals surface area (Å²) in [5.41, 5.74) is 6.97. The highest BCUT2D eigenvalue weighted by Gasteiger charge is 2.38. The Balaban J connectivity index is 0.893. The third-order valence-electron chi connectivity index (χ3n) is 11.7. The molecule has 334 valence electrons. The van der Waals surface area contributed by atoms with E-state index in [4.69, 9.17) is 19.4 Å². The lowest BCUT2D eigenvalue weighted by Crippen LogP contribution is -2.43. The fourth-order valence-corrected chi connectivity index (χ4v) is 8.47. The number of benzene rings is 4. The van der Waals surface area contributed by atoms with E-state index in [1.807, 2.05) is 134 Å². The first-order chi connectivity index (χ1) is 31.6. The van der Waals surface area contributed by atoms with Crippen LogP contribution in [0.4, 0.5) is 4.79 Å². The van der Waals surface area contributed by atoms with E-state index in [1.54, 1.807) is 24.9 Å². The van der Waals surface area contributed by atoms with Crippen molar-refractivity contribution in [2.45, 2.75) is 89.8 Å². The van der Waals surface area contributed by atoms with Crippen LogP contribution in [-0.4, -0.2) is 79.7 Å². The summed E-state index contributed by atoms with van der Waals surface area (Å²) in [6, 6.07) is 33.2. The Kier molecular flexibility index (Phi) is 14.2. The minimum Gasteiger partial charge on any atom is -0.447 e. The lowest BCUT2D eigenvalue weighted by atomic mass is 10.0. The molecule has 0 spiro atoms. The molecule has 4 unspecified atom stereocenters. The molecule has 3 amide bonds. The Hall–Kier alpha value is -7.01. The van der Waals surface area contributed by atoms with Crippen LogP contribution in [0.2, 0.25) is 0 Å². The largest absolute Gasteiger partial charge is 0.447 e. The first-order valence-electron chi connectivity index (χ1n) is 22.5. The Bertz CT molecular complexity index is 2600. The standard InChI is InChI=1S/C52H56N8O5/c1-34(2)64-33-55-46(40-13-7-5-8-14-40)50(61)59-29-11-17-44(59)48-53-31-42(56-48)38-25-21-36(22-26-38)19-20-37-23-27-39(28-24-37)43-32-54-49(57-43)45-18-12-30-60(45)51(62)47(41-15-9-6-10-16-41)58-52(63)65-35(3)4/h5-10,13-16,21-28,31-32,34-35,44-47,55H,11-12,17-18,29-30,33H2,1-4H3,(H,53,56)(H,54,57)(H,58,63). The molecule has 2 aliphatic heterocycles. The Morgan fingerprint density at radius 1 is 0.646 bits per heavy atom. The van der Waals surface area contributed by atoms with Gasteiger partial charge < -0.3 is 34.6 Å². The molecule has 0 radical (unpaired) electrons. The van der Waals surface area contributed by atoms with Gasteiger partial charge in [-0.25, -0.2) is 14.8 Å². The van der Waals surface area contributed by atoms with E-state index < -0.39 is 18.2 Å². The number of amides is 3. The van der Waals surface area contributed by atoms with Gasteiger partial charge in [-0.2, -0.15) is 0 Å². The van der Waals surface area contributed by atoms with Crippen molar-refractivity contribution in [1.82, 2.24) is 40.4 Å². The van der Waals surface area contributed by atoms with Gasteiger partial charge in [-0.05, 0) is 99.9 Å². The maximum absolute atomic E-state index is 14.1. The number of nitrogens with zero attached hydrogens (tertiary/aromatic N) is 4. The maximum atomic E-state index is 14.1. The van der Waals surface area contributed by atoms with Crippen molar-refractivity contribution in [2.75, 3.05) is 19.8 Å². The zero-order chi connectivity index (χ0) is 45.3. The van der Waals surface area contributed by atoms with Gasteiger partial charge >= 0.3 is 6.09 Å². The molecule has 4 atom stereocenters. The van der Waals surface area contributed by atoms with E-state index >= 15 is 0 Å². The van der Waals surface area contributed by atoms with E-state index in [0.717, 1.165) is 70.7 Å². The lowest BCUT2D eigenvalue weighted by Gasteiger charge is -2.29. The number of hydrogen-bond acceptors (Lipinski definition) is 8. The minimum atomic E-state index is -0.889. The SMILES string of the molecule is CC(C)OCNC(C(=O)N1CCCC1c1ncc(-c2ccc(C#Cc3ccc(-c4cnc(C5CCCN5C(=O)C(NC(=O)OC(C)C)c5ccccc5)[nH]4)cc3)cc2)[nH]1)c1ccccc1. The molecule has 2 aromatic heterocycles. The van der Waals surface area contributed by atoms with Crippen LogP contribution in [0.5, 0.6) is 0 Å². The van der Waals surface area contributed by atoms with Gasteiger partial charge in [0, 0.05) is 24.2 Å². The topological polar surface area (TPSA) is 158 Å². The smallest absolute Gasteiger partial charge is 0.408 e. The number of aromatic amines is 2. The number of ether oxygens (including phenoxy) is 2. The van der Waals surface area contributed by atoms with Crippen LogP contribution in [0.15, 0.2) is 122 Å². The Labute approximate surface area is 380 Å². The molecule has 13 heteroatoms. The van der Waals surface area contributed by atoms with Gasteiger partial charge in [-0.15, -0.1) is 0 Å². The van der Waals surface area contributed by atoms with Crippen LogP contribution < -0.4 is 10.6 Å². The average Bonchev–Trinajstić information content (AvgIpc) is 4.17. The van der Waals surface area contributed by atoms with Crippen molar-refractivity contribution < 1.29 is 23.9 Å². The summed E-state index contributed by atoms with van der Waals surface area (Å²) >= 11 is 0. The summed E-state index contributed by atoms with van der Waals surface area (Å²) in [5.74, 6) is 7.84. The highest BCUT2D eigenvalue weighted by molar-refractivity contribution is 5.87. The van der Waals surface area contributed by atoms with E-state index in [9.17, 15) is 14.4 Å². The molecule has 65 heavy (non-hydrogen) atoms. The number of nitrogens with one attached hydrogen (secondary N) is 4. The van der Waals surface area contributed by atoms with Crippen molar-refractivity contribution in [3.8, 4) is 34.4 Å². The maximum Gasteiger partial charge on any atom is 0.408 e. The molecule has 6 aromatic rings.